The fourth-order valence-electron chi connectivity index (χ4n) is 1.12. The molecule has 0 fully saturated rings. The van der Waals surface area contributed by atoms with Gasteiger partial charge in [-0.15, -0.1) is 0 Å². The molecule has 16 heavy (non-hydrogen) atoms. The normalized spacial score (nSPS) is 8.94. The highest BCUT2D eigenvalue weighted by Gasteiger charge is 1.99. The van der Waals surface area contributed by atoms with Crippen molar-refractivity contribution in [2.75, 3.05) is 13.2 Å². The lowest BCUT2D eigenvalue weighted by atomic mass is 10.2. The van der Waals surface area contributed by atoms with E-state index in [4.69, 9.17) is 4.74 Å². The number of nitrogens with one attached hydrogen (secondary N) is 1. The summed E-state index contributed by atoms with van der Waals surface area (Å²) in [5.74, 6) is -0.205. The van der Waals surface area contributed by atoms with Crippen LogP contribution in [0.5, 0.6) is 0 Å². The summed E-state index contributed by atoms with van der Waals surface area (Å²) in [4.78, 5) is 10.9. The van der Waals surface area contributed by atoms with Gasteiger partial charge < -0.3 is 10.1 Å². The molecule has 0 unspecified atom stereocenters. The van der Waals surface area contributed by atoms with Gasteiger partial charge in [-0.1, -0.05) is 44.2 Å². The SMILES string of the molecule is CC.CCOC(=O)CNCc1ccccc1. The van der Waals surface area contributed by atoms with E-state index in [0.29, 0.717) is 13.2 Å². The molecule has 1 N–H and O–H groups in total. The largest absolute Gasteiger partial charge is 0.465 e. The Morgan fingerprint density at radius 2 is 1.88 bits per heavy atom. The van der Waals surface area contributed by atoms with Gasteiger partial charge in [-0.05, 0) is 12.5 Å². The molecule has 1 aromatic carbocycles. The van der Waals surface area contributed by atoms with Gasteiger partial charge in [-0.3, -0.25) is 4.79 Å². The van der Waals surface area contributed by atoms with Crippen LogP contribution in [0.25, 0.3) is 0 Å². The summed E-state index contributed by atoms with van der Waals surface area (Å²) < 4.78 is 4.78. The van der Waals surface area contributed by atoms with E-state index < -0.39 is 0 Å². The van der Waals surface area contributed by atoms with Crippen LogP contribution in [0, 0.1) is 0 Å². The third-order valence-electron chi connectivity index (χ3n) is 1.75. The smallest absolute Gasteiger partial charge is 0.319 e. The minimum Gasteiger partial charge on any atom is -0.465 e. The van der Waals surface area contributed by atoms with E-state index in [1.54, 1.807) is 6.92 Å². The first-order chi connectivity index (χ1) is 7.83. The van der Waals surface area contributed by atoms with Crippen LogP contribution < -0.4 is 5.32 Å². The number of ether oxygens (including phenoxy) is 1. The molecule has 0 aliphatic rings. The van der Waals surface area contributed by atoms with Gasteiger partial charge in [0.15, 0.2) is 0 Å². The first-order valence-electron chi connectivity index (χ1n) is 5.73. The van der Waals surface area contributed by atoms with Gasteiger partial charge in [0.25, 0.3) is 0 Å². The van der Waals surface area contributed by atoms with Gasteiger partial charge in [0.2, 0.25) is 0 Å². The van der Waals surface area contributed by atoms with Gasteiger partial charge in [0.05, 0.1) is 13.2 Å². The third-order valence-corrected chi connectivity index (χ3v) is 1.75. The van der Waals surface area contributed by atoms with Crippen molar-refractivity contribution in [3.8, 4) is 0 Å². The van der Waals surface area contributed by atoms with Crippen LogP contribution in [0.15, 0.2) is 30.3 Å². The summed E-state index contributed by atoms with van der Waals surface area (Å²) >= 11 is 0. The van der Waals surface area contributed by atoms with Gasteiger partial charge in [0, 0.05) is 6.54 Å². The number of carbonyl (C=O) groups is 1. The zero-order valence-electron chi connectivity index (χ0n) is 10.3. The van der Waals surface area contributed by atoms with Crippen molar-refractivity contribution in [3.63, 3.8) is 0 Å². The van der Waals surface area contributed by atoms with Crippen molar-refractivity contribution >= 4 is 5.97 Å². The molecule has 0 heterocycles. The van der Waals surface area contributed by atoms with Crippen molar-refractivity contribution in [3.05, 3.63) is 35.9 Å². The topological polar surface area (TPSA) is 38.3 Å². The molecule has 1 aromatic rings. The van der Waals surface area contributed by atoms with Crippen LogP contribution in [0.4, 0.5) is 0 Å². The quantitative estimate of drug-likeness (QED) is 0.779. The van der Waals surface area contributed by atoms with Crippen LogP contribution in [0.1, 0.15) is 26.3 Å². The Kier molecular flexibility index (Phi) is 9.32. The van der Waals surface area contributed by atoms with Crippen LogP contribution >= 0.6 is 0 Å². The van der Waals surface area contributed by atoms with E-state index in [0.717, 1.165) is 5.56 Å². The molecule has 0 atom stereocenters. The average Bonchev–Trinajstić information content (AvgIpc) is 2.33. The van der Waals surface area contributed by atoms with Gasteiger partial charge in [0.1, 0.15) is 0 Å². The lowest BCUT2D eigenvalue weighted by Crippen LogP contribution is -2.24. The van der Waals surface area contributed by atoms with Crippen molar-refractivity contribution in [2.24, 2.45) is 0 Å². The molecule has 0 aromatic heterocycles. The maximum atomic E-state index is 10.9. The molecule has 0 radical (unpaired) electrons. The molecule has 0 saturated carbocycles. The van der Waals surface area contributed by atoms with Gasteiger partial charge in [-0.2, -0.15) is 0 Å². The predicted octanol–water partition coefficient (Wildman–Crippen LogP) is 2.37. The summed E-state index contributed by atoms with van der Waals surface area (Å²) in [5, 5.41) is 3.01. The van der Waals surface area contributed by atoms with Crippen molar-refractivity contribution in [1.82, 2.24) is 5.32 Å². The first kappa shape index (κ1) is 14.6. The number of benzene rings is 1. The maximum Gasteiger partial charge on any atom is 0.319 e. The molecule has 3 nitrogen and oxygen atoms in total. The molecule has 3 heteroatoms. The molecule has 0 spiro atoms. The summed E-state index contributed by atoms with van der Waals surface area (Å²) in [6.07, 6.45) is 0. The zero-order valence-corrected chi connectivity index (χ0v) is 10.3. The highest BCUT2D eigenvalue weighted by molar-refractivity contribution is 5.71. The maximum absolute atomic E-state index is 10.9. The predicted molar refractivity (Wildman–Crippen MR) is 66.1 cm³/mol. The van der Waals surface area contributed by atoms with Crippen molar-refractivity contribution in [1.29, 1.82) is 0 Å². The zero-order chi connectivity index (χ0) is 12.2. The molecule has 0 amide bonds. The Morgan fingerprint density at radius 1 is 1.25 bits per heavy atom. The molecule has 0 aliphatic heterocycles. The van der Waals surface area contributed by atoms with Crippen molar-refractivity contribution < 1.29 is 9.53 Å². The van der Waals surface area contributed by atoms with Crippen LogP contribution in [-0.4, -0.2) is 19.1 Å². The monoisotopic (exact) mass is 223 g/mol. The summed E-state index contributed by atoms with van der Waals surface area (Å²) in [6.45, 7) is 7.20. The molecular formula is C13H21NO2. The van der Waals surface area contributed by atoms with E-state index in [2.05, 4.69) is 5.32 Å². The Morgan fingerprint density at radius 3 is 2.44 bits per heavy atom. The second-order valence-corrected chi connectivity index (χ2v) is 2.89. The van der Waals surface area contributed by atoms with E-state index in [1.807, 2.05) is 44.2 Å². The Balaban J connectivity index is 0.00000106. The minimum atomic E-state index is -0.205. The second kappa shape index (κ2) is 10.2. The highest BCUT2D eigenvalue weighted by atomic mass is 16.5. The minimum absolute atomic E-state index is 0.205. The van der Waals surface area contributed by atoms with E-state index >= 15 is 0 Å². The fourth-order valence-corrected chi connectivity index (χ4v) is 1.12. The van der Waals surface area contributed by atoms with Crippen LogP contribution in [0.2, 0.25) is 0 Å². The fraction of sp³-hybridized carbons (Fsp3) is 0.462. The Hall–Kier alpha value is -1.35. The molecule has 0 bridgehead atoms. The summed E-state index contributed by atoms with van der Waals surface area (Å²) in [6, 6.07) is 9.94. The average molecular weight is 223 g/mol. The van der Waals surface area contributed by atoms with Crippen molar-refractivity contribution in [2.45, 2.75) is 27.3 Å². The number of rotatable bonds is 5. The van der Waals surface area contributed by atoms with E-state index in [9.17, 15) is 4.79 Å². The Labute approximate surface area is 97.8 Å². The number of esters is 1. The summed E-state index contributed by atoms with van der Waals surface area (Å²) in [7, 11) is 0. The second-order valence-electron chi connectivity index (χ2n) is 2.89. The molecule has 0 aliphatic carbocycles. The summed E-state index contributed by atoms with van der Waals surface area (Å²) in [5.41, 5.74) is 1.16. The first-order valence-corrected chi connectivity index (χ1v) is 5.73. The van der Waals surface area contributed by atoms with Crippen LogP contribution in [-0.2, 0) is 16.1 Å². The Bertz CT molecular complexity index is 273. The number of carbonyl (C=O) groups excluding carboxylic acids is 1. The number of hydrogen-bond donors (Lipinski definition) is 1. The highest BCUT2D eigenvalue weighted by Crippen LogP contribution is 1.96. The molecule has 1 rings (SSSR count). The van der Waals surface area contributed by atoms with Gasteiger partial charge in [-0.25, -0.2) is 0 Å². The molecule has 0 saturated heterocycles. The van der Waals surface area contributed by atoms with E-state index in [-0.39, 0.29) is 12.5 Å². The van der Waals surface area contributed by atoms with E-state index in [1.165, 1.54) is 0 Å². The van der Waals surface area contributed by atoms with Gasteiger partial charge >= 0.3 is 5.97 Å². The molecule has 90 valence electrons. The molecular weight excluding hydrogens is 202 g/mol. The standard InChI is InChI=1S/C11H15NO2.C2H6/c1-2-14-11(13)9-12-8-10-6-4-3-5-7-10;1-2/h3-7,12H,2,8-9H2,1H3;1-2H3. The number of hydrogen-bond acceptors (Lipinski definition) is 3. The lowest BCUT2D eigenvalue weighted by Gasteiger charge is -2.04. The third kappa shape index (κ3) is 7.01. The van der Waals surface area contributed by atoms with Crippen LogP contribution in [0.3, 0.4) is 0 Å². The lowest BCUT2D eigenvalue weighted by molar-refractivity contribution is -0.142.